The molecule has 0 amide bonds. The van der Waals surface area contributed by atoms with Crippen LogP contribution in [0.2, 0.25) is 0 Å². The van der Waals surface area contributed by atoms with E-state index in [2.05, 4.69) is 15.2 Å². The van der Waals surface area contributed by atoms with Crippen molar-refractivity contribution >= 4 is 23.1 Å². The first kappa shape index (κ1) is 16.9. The van der Waals surface area contributed by atoms with E-state index in [0.717, 1.165) is 15.7 Å². The smallest absolute Gasteiger partial charge is 0.192 e. The highest BCUT2D eigenvalue weighted by molar-refractivity contribution is 7.98. The van der Waals surface area contributed by atoms with Crippen LogP contribution in [0.4, 0.5) is 4.39 Å². The van der Waals surface area contributed by atoms with Crippen molar-refractivity contribution in [1.82, 2.24) is 19.7 Å². The molecule has 4 aromatic rings. The number of benzene rings is 2. The van der Waals surface area contributed by atoms with E-state index >= 15 is 0 Å². The van der Waals surface area contributed by atoms with Gasteiger partial charge in [0.05, 0.1) is 17.9 Å². The summed E-state index contributed by atoms with van der Waals surface area (Å²) in [6.07, 6.45) is 1.79. The van der Waals surface area contributed by atoms with Gasteiger partial charge < -0.3 is 0 Å². The summed E-state index contributed by atoms with van der Waals surface area (Å²) in [5.41, 5.74) is 1.57. The molecule has 0 spiro atoms. The number of thiazole rings is 1. The van der Waals surface area contributed by atoms with E-state index in [9.17, 15) is 4.39 Å². The van der Waals surface area contributed by atoms with Crippen LogP contribution < -0.4 is 0 Å². The third kappa shape index (κ3) is 3.68. The van der Waals surface area contributed by atoms with Gasteiger partial charge in [-0.3, -0.25) is 4.57 Å². The van der Waals surface area contributed by atoms with Crippen LogP contribution in [0, 0.1) is 5.82 Å². The van der Waals surface area contributed by atoms with Gasteiger partial charge in [-0.2, -0.15) is 0 Å². The van der Waals surface area contributed by atoms with E-state index in [4.69, 9.17) is 0 Å². The van der Waals surface area contributed by atoms with E-state index in [1.807, 2.05) is 46.3 Å². The standard InChI is InChI=1S/C19H15FN4S2/c20-16-9-5-4-8-15(16)18-22-23-19(26-13-17-21-10-11-25-17)24(18)12-14-6-2-1-3-7-14/h1-11H,12-13H2. The SMILES string of the molecule is Fc1ccccc1-c1nnc(SCc2nccs2)n1Cc1ccccc1. The molecule has 0 aliphatic heterocycles. The third-order valence-corrected chi connectivity index (χ3v) is 5.76. The Hall–Kier alpha value is -2.51. The molecule has 0 saturated heterocycles. The summed E-state index contributed by atoms with van der Waals surface area (Å²) >= 11 is 3.17. The summed E-state index contributed by atoms with van der Waals surface area (Å²) in [5.74, 6) is 0.946. The Balaban J connectivity index is 1.70. The summed E-state index contributed by atoms with van der Waals surface area (Å²) in [4.78, 5) is 4.30. The fraction of sp³-hybridized carbons (Fsp3) is 0.105. The number of nitrogens with zero attached hydrogens (tertiary/aromatic N) is 4. The number of thioether (sulfide) groups is 1. The molecule has 7 heteroatoms. The number of hydrogen-bond acceptors (Lipinski definition) is 5. The fourth-order valence-corrected chi connectivity index (χ4v) is 4.18. The van der Waals surface area contributed by atoms with Crippen LogP contribution in [-0.2, 0) is 12.3 Å². The average Bonchev–Trinajstić information content (AvgIpc) is 3.32. The Kier molecular flexibility index (Phi) is 5.08. The molecule has 0 fully saturated rings. The lowest BCUT2D eigenvalue weighted by atomic mass is 10.2. The van der Waals surface area contributed by atoms with Gasteiger partial charge in [-0.15, -0.1) is 21.5 Å². The van der Waals surface area contributed by atoms with Gasteiger partial charge in [-0.1, -0.05) is 54.2 Å². The van der Waals surface area contributed by atoms with Crippen molar-refractivity contribution in [2.75, 3.05) is 0 Å². The molecule has 0 N–H and O–H groups in total. The van der Waals surface area contributed by atoms with Gasteiger partial charge in [0.2, 0.25) is 0 Å². The van der Waals surface area contributed by atoms with Crippen molar-refractivity contribution in [3.63, 3.8) is 0 Å². The zero-order valence-corrected chi connectivity index (χ0v) is 15.4. The summed E-state index contributed by atoms with van der Waals surface area (Å²) < 4.78 is 16.3. The van der Waals surface area contributed by atoms with Crippen LogP contribution in [0.5, 0.6) is 0 Å². The molecule has 0 unspecified atom stereocenters. The first-order valence-corrected chi connectivity index (χ1v) is 9.91. The van der Waals surface area contributed by atoms with Crippen LogP contribution in [0.1, 0.15) is 10.6 Å². The van der Waals surface area contributed by atoms with Crippen molar-refractivity contribution in [1.29, 1.82) is 0 Å². The minimum absolute atomic E-state index is 0.300. The van der Waals surface area contributed by atoms with Gasteiger partial charge in [0, 0.05) is 11.6 Å². The second-order valence-corrected chi connectivity index (χ2v) is 7.49. The number of halogens is 1. The van der Waals surface area contributed by atoms with Gasteiger partial charge in [0.25, 0.3) is 0 Å². The predicted octanol–water partition coefficient (Wildman–Crippen LogP) is 4.88. The normalized spacial score (nSPS) is 11.0. The van der Waals surface area contributed by atoms with Crippen LogP contribution in [0.3, 0.4) is 0 Å². The predicted molar refractivity (Wildman–Crippen MR) is 103 cm³/mol. The highest BCUT2D eigenvalue weighted by Gasteiger charge is 2.17. The molecule has 2 heterocycles. The molecule has 26 heavy (non-hydrogen) atoms. The molecule has 0 atom stereocenters. The van der Waals surface area contributed by atoms with Gasteiger partial charge in [-0.25, -0.2) is 9.37 Å². The van der Waals surface area contributed by atoms with E-state index in [1.54, 1.807) is 41.4 Å². The zero-order valence-electron chi connectivity index (χ0n) is 13.7. The summed E-state index contributed by atoms with van der Waals surface area (Å²) in [6, 6.07) is 16.7. The van der Waals surface area contributed by atoms with E-state index in [-0.39, 0.29) is 5.82 Å². The molecular formula is C19H15FN4S2. The summed E-state index contributed by atoms with van der Waals surface area (Å²) in [5, 5.41) is 12.3. The molecule has 2 aromatic heterocycles. The Bertz CT molecular complexity index is 984. The third-order valence-electron chi connectivity index (χ3n) is 3.82. The Labute approximate surface area is 158 Å². The van der Waals surface area contributed by atoms with E-state index in [0.29, 0.717) is 23.7 Å². The molecule has 2 aromatic carbocycles. The molecule has 0 saturated carbocycles. The maximum atomic E-state index is 14.3. The van der Waals surface area contributed by atoms with Gasteiger partial charge in [0.15, 0.2) is 11.0 Å². The lowest BCUT2D eigenvalue weighted by Crippen LogP contribution is -2.05. The second-order valence-electron chi connectivity index (χ2n) is 5.57. The minimum Gasteiger partial charge on any atom is -0.297 e. The van der Waals surface area contributed by atoms with Gasteiger partial charge >= 0.3 is 0 Å². The molecule has 0 bridgehead atoms. The Morgan fingerprint density at radius 3 is 2.58 bits per heavy atom. The molecule has 0 aliphatic carbocycles. The van der Waals surface area contributed by atoms with Crippen molar-refractivity contribution in [2.45, 2.75) is 17.5 Å². The molecule has 130 valence electrons. The van der Waals surface area contributed by atoms with Crippen molar-refractivity contribution in [3.8, 4) is 11.4 Å². The monoisotopic (exact) mass is 382 g/mol. The average molecular weight is 382 g/mol. The largest absolute Gasteiger partial charge is 0.297 e. The highest BCUT2D eigenvalue weighted by Crippen LogP contribution is 2.29. The molecular weight excluding hydrogens is 367 g/mol. The molecule has 0 radical (unpaired) electrons. The van der Waals surface area contributed by atoms with Gasteiger partial charge in [-0.05, 0) is 17.7 Å². The number of aromatic nitrogens is 4. The number of hydrogen-bond donors (Lipinski definition) is 0. The topological polar surface area (TPSA) is 43.6 Å². The Morgan fingerprint density at radius 1 is 1.00 bits per heavy atom. The summed E-state index contributed by atoms with van der Waals surface area (Å²) in [7, 11) is 0. The highest BCUT2D eigenvalue weighted by atomic mass is 32.2. The molecule has 4 nitrogen and oxygen atoms in total. The second kappa shape index (κ2) is 7.80. The van der Waals surface area contributed by atoms with Crippen molar-refractivity contribution in [2.24, 2.45) is 0 Å². The van der Waals surface area contributed by atoms with E-state index in [1.165, 1.54) is 6.07 Å². The quantitative estimate of drug-likeness (QED) is 0.446. The number of rotatable bonds is 6. The Morgan fingerprint density at radius 2 is 1.81 bits per heavy atom. The zero-order chi connectivity index (χ0) is 17.8. The first-order valence-electron chi connectivity index (χ1n) is 8.04. The van der Waals surface area contributed by atoms with Crippen LogP contribution in [0.15, 0.2) is 71.3 Å². The molecule has 4 rings (SSSR count). The lowest BCUT2D eigenvalue weighted by Gasteiger charge is -2.10. The summed E-state index contributed by atoms with van der Waals surface area (Å²) in [6.45, 7) is 0.581. The van der Waals surface area contributed by atoms with Crippen LogP contribution in [-0.4, -0.2) is 19.7 Å². The van der Waals surface area contributed by atoms with Crippen molar-refractivity contribution < 1.29 is 4.39 Å². The minimum atomic E-state index is -0.300. The first-order chi connectivity index (χ1) is 12.8. The van der Waals surface area contributed by atoms with Gasteiger partial charge in [0.1, 0.15) is 10.8 Å². The van der Waals surface area contributed by atoms with Crippen LogP contribution >= 0.6 is 23.1 Å². The molecule has 0 aliphatic rings. The fourth-order valence-electron chi connectivity index (χ4n) is 2.60. The van der Waals surface area contributed by atoms with E-state index < -0.39 is 0 Å². The maximum absolute atomic E-state index is 14.3. The van der Waals surface area contributed by atoms with Crippen LogP contribution in [0.25, 0.3) is 11.4 Å². The van der Waals surface area contributed by atoms with Crippen molar-refractivity contribution in [3.05, 3.63) is 82.6 Å². The maximum Gasteiger partial charge on any atom is 0.192 e. The lowest BCUT2D eigenvalue weighted by molar-refractivity contribution is 0.626.